The minimum Gasteiger partial charge on any atom is -0.466 e. The molecule has 0 atom stereocenters. The van der Waals surface area contributed by atoms with Crippen molar-refractivity contribution >= 4 is 20.7 Å². The van der Waals surface area contributed by atoms with Crippen molar-refractivity contribution in [3.63, 3.8) is 0 Å². The topological polar surface area (TPSA) is 80.3 Å². The number of carbonyl (C=O) groups excluding carboxylic acids is 2. The predicted octanol–water partition coefficient (Wildman–Crippen LogP) is 0.527. The molecule has 7 nitrogen and oxygen atoms in total. The highest BCUT2D eigenvalue weighted by atomic mass is 28.4. The third-order valence-corrected chi connectivity index (χ3v) is 5.19. The molecule has 0 amide bonds. The third-order valence-electron chi connectivity index (χ3n) is 2.36. The van der Waals surface area contributed by atoms with Gasteiger partial charge in [0.1, 0.15) is 0 Å². The van der Waals surface area contributed by atoms with Crippen LogP contribution in [-0.2, 0) is 32.3 Å². The lowest BCUT2D eigenvalue weighted by Crippen LogP contribution is -2.42. The first-order valence-corrected chi connectivity index (χ1v) is 7.55. The Morgan fingerprint density at radius 3 is 1.95 bits per heavy atom. The Balaban J connectivity index is 3.94. The molecule has 0 N–H and O–H groups in total. The second kappa shape index (κ2) is 9.67. The maximum Gasteiger partial charge on any atom is 0.500 e. The van der Waals surface area contributed by atoms with E-state index in [1.165, 1.54) is 28.4 Å². The monoisotopic (exact) mass is 292 g/mol. The lowest BCUT2D eigenvalue weighted by atomic mass is 10.5. The number of hydrogen-bond donors (Lipinski definition) is 0. The molecule has 0 fully saturated rings. The minimum atomic E-state index is -2.62. The number of esters is 2. The van der Waals surface area contributed by atoms with E-state index in [9.17, 15) is 9.59 Å². The van der Waals surface area contributed by atoms with Crippen LogP contribution in [0.4, 0.5) is 0 Å². The summed E-state index contributed by atoms with van der Waals surface area (Å²) < 4.78 is 24.9. The highest BCUT2D eigenvalue weighted by Crippen LogP contribution is 2.14. The van der Waals surface area contributed by atoms with Gasteiger partial charge in [0.25, 0.3) is 0 Å². The summed E-state index contributed by atoms with van der Waals surface area (Å²) in [4.78, 5) is 21.9. The van der Waals surface area contributed by atoms with E-state index >= 15 is 0 Å². The van der Waals surface area contributed by atoms with Gasteiger partial charge in [-0.15, -0.1) is 0 Å². The first kappa shape index (κ1) is 17.8. The SMILES string of the molecule is COC(=O)C=CC(=O)OCCC[Si](OC)(OC)OC. The molecule has 0 aromatic rings. The third kappa shape index (κ3) is 7.06. The summed E-state index contributed by atoms with van der Waals surface area (Å²) in [5.74, 6) is -1.22. The van der Waals surface area contributed by atoms with E-state index in [1.54, 1.807) is 0 Å². The van der Waals surface area contributed by atoms with E-state index in [4.69, 9.17) is 18.0 Å². The normalized spacial score (nSPS) is 11.6. The lowest BCUT2D eigenvalue weighted by molar-refractivity contribution is -0.139. The fourth-order valence-corrected chi connectivity index (χ4v) is 2.96. The van der Waals surface area contributed by atoms with Crippen molar-refractivity contribution in [2.75, 3.05) is 35.0 Å². The molecule has 0 aliphatic rings. The van der Waals surface area contributed by atoms with Gasteiger partial charge in [-0.25, -0.2) is 9.59 Å². The molecule has 0 unspecified atom stereocenters. The maximum absolute atomic E-state index is 11.2. The summed E-state index contributed by atoms with van der Waals surface area (Å²) in [5, 5.41) is 0. The lowest BCUT2D eigenvalue weighted by Gasteiger charge is -2.23. The van der Waals surface area contributed by atoms with Gasteiger partial charge in [-0.2, -0.15) is 0 Å². The molecule has 0 rings (SSSR count). The second-order valence-corrected chi connectivity index (χ2v) is 6.51. The largest absolute Gasteiger partial charge is 0.500 e. The van der Waals surface area contributed by atoms with Crippen molar-refractivity contribution in [3.05, 3.63) is 12.2 Å². The average Bonchev–Trinajstić information content (AvgIpc) is 2.45. The molecule has 110 valence electrons. The zero-order chi connectivity index (χ0) is 14.7. The summed E-state index contributed by atoms with van der Waals surface area (Å²) in [6.45, 7) is 0.190. The Morgan fingerprint density at radius 2 is 1.47 bits per heavy atom. The van der Waals surface area contributed by atoms with Crippen molar-refractivity contribution in [2.24, 2.45) is 0 Å². The molecule has 0 aliphatic heterocycles. The fraction of sp³-hybridized carbons (Fsp3) is 0.636. The van der Waals surface area contributed by atoms with Gasteiger partial charge in [0.15, 0.2) is 0 Å². The van der Waals surface area contributed by atoms with Crippen LogP contribution in [0, 0.1) is 0 Å². The number of ether oxygens (including phenoxy) is 2. The van der Waals surface area contributed by atoms with E-state index in [1.807, 2.05) is 0 Å². The summed E-state index contributed by atoms with van der Waals surface area (Å²) >= 11 is 0. The van der Waals surface area contributed by atoms with Crippen molar-refractivity contribution in [3.8, 4) is 0 Å². The Kier molecular flexibility index (Phi) is 9.05. The van der Waals surface area contributed by atoms with E-state index in [0.717, 1.165) is 12.2 Å². The standard InChI is InChI=1S/C11H20O7Si/c1-14-10(12)6-7-11(13)18-8-5-9-19(15-2,16-3)17-4/h6-7H,5,8-9H2,1-4H3. The summed E-state index contributed by atoms with van der Waals surface area (Å²) in [6, 6.07) is 0.532. The molecule has 0 heterocycles. The number of hydrogen-bond acceptors (Lipinski definition) is 7. The van der Waals surface area contributed by atoms with Crippen LogP contribution in [0.1, 0.15) is 6.42 Å². The summed E-state index contributed by atoms with van der Waals surface area (Å²) in [6.07, 6.45) is 2.56. The van der Waals surface area contributed by atoms with Crippen molar-refractivity contribution in [2.45, 2.75) is 12.5 Å². The molecule has 0 bridgehead atoms. The summed E-state index contributed by atoms with van der Waals surface area (Å²) in [5.41, 5.74) is 0. The van der Waals surface area contributed by atoms with Crippen molar-refractivity contribution in [1.29, 1.82) is 0 Å². The fourth-order valence-electron chi connectivity index (χ4n) is 1.27. The van der Waals surface area contributed by atoms with Gasteiger partial charge in [-0.1, -0.05) is 0 Å². The molecule has 0 saturated carbocycles. The minimum absolute atomic E-state index is 0.190. The first-order chi connectivity index (χ1) is 9.03. The van der Waals surface area contributed by atoms with Crippen LogP contribution in [-0.4, -0.2) is 55.8 Å². The molecule has 19 heavy (non-hydrogen) atoms. The molecule has 0 aliphatic carbocycles. The van der Waals surface area contributed by atoms with Gasteiger partial charge in [0, 0.05) is 39.5 Å². The highest BCUT2D eigenvalue weighted by molar-refractivity contribution is 6.60. The number of rotatable bonds is 9. The van der Waals surface area contributed by atoms with Gasteiger partial charge in [-0.05, 0) is 6.42 Å². The number of carbonyl (C=O) groups is 2. The molecular weight excluding hydrogens is 272 g/mol. The smallest absolute Gasteiger partial charge is 0.466 e. The van der Waals surface area contributed by atoms with Gasteiger partial charge in [0.05, 0.1) is 13.7 Å². The van der Waals surface area contributed by atoms with Crippen molar-refractivity contribution in [1.82, 2.24) is 0 Å². The van der Waals surface area contributed by atoms with Gasteiger partial charge < -0.3 is 22.8 Å². The maximum atomic E-state index is 11.2. The van der Waals surface area contributed by atoms with Crippen LogP contribution in [0.3, 0.4) is 0 Å². The van der Waals surface area contributed by atoms with Gasteiger partial charge >= 0.3 is 20.7 Å². The van der Waals surface area contributed by atoms with Crippen LogP contribution >= 0.6 is 0 Å². The molecule has 0 radical (unpaired) electrons. The highest BCUT2D eigenvalue weighted by Gasteiger charge is 2.36. The number of methoxy groups -OCH3 is 1. The molecule has 0 saturated heterocycles. The molecular formula is C11H20O7Si. The van der Waals surface area contributed by atoms with Crippen LogP contribution < -0.4 is 0 Å². The zero-order valence-corrected chi connectivity index (χ0v) is 12.6. The zero-order valence-electron chi connectivity index (χ0n) is 11.6. The molecule has 8 heteroatoms. The van der Waals surface area contributed by atoms with Crippen LogP contribution in [0.5, 0.6) is 0 Å². The molecule has 0 aromatic heterocycles. The molecule has 0 spiro atoms. The van der Waals surface area contributed by atoms with E-state index in [0.29, 0.717) is 12.5 Å². The Labute approximate surface area is 113 Å². The van der Waals surface area contributed by atoms with E-state index in [-0.39, 0.29) is 6.61 Å². The van der Waals surface area contributed by atoms with Crippen LogP contribution in [0.15, 0.2) is 12.2 Å². The Bertz CT molecular complexity index is 304. The first-order valence-electron chi connectivity index (χ1n) is 5.61. The van der Waals surface area contributed by atoms with Crippen LogP contribution in [0.25, 0.3) is 0 Å². The Hall–Kier alpha value is -1.22. The van der Waals surface area contributed by atoms with Gasteiger partial charge in [0.2, 0.25) is 0 Å². The van der Waals surface area contributed by atoms with E-state index in [2.05, 4.69) is 4.74 Å². The Morgan fingerprint density at radius 1 is 0.947 bits per heavy atom. The average molecular weight is 292 g/mol. The summed E-state index contributed by atoms with van der Waals surface area (Å²) in [7, 11) is 3.16. The van der Waals surface area contributed by atoms with Crippen LogP contribution in [0.2, 0.25) is 6.04 Å². The predicted molar refractivity (Wildman–Crippen MR) is 68.3 cm³/mol. The molecule has 0 aromatic carbocycles. The second-order valence-electron chi connectivity index (χ2n) is 3.42. The van der Waals surface area contributed by atoms with Crippen molar-refractivity contribution < 1.29 is 32.3 Å². The van der Waals surface area contributed by atoms with E-state index < -0.39 is 20.7 Å². The van der Waals surface area contributed by atoms with Gasteiger partial charge in [-0.3, -0.25) is 0 Å². The quantitative estimate of drug-likeness (QED) is 0.265.